The van der Waals surface area contributed by atoms with Gasteiger partial charge >= 0.3 is 0 Å². The van der Waals surface area contributed by atoms with Gasteiger partial charge < -0.3 is 10.2 Å². The first kappa shape index (κ1) is 16.2. The van der Waals surface area contributed by atoms with Crippen LogP contribution in [0.1, 0.15) is 18.1 Å². The van der Waals surface area contributed by atoms with Gasteiger partial charge in [-0.1, -0.05) is 42.5 Å². The smallest absolute Gasteiger partial charge is 0.278 e. The minimum Gasteiger partial charge on any atom is -0.347 e. The Morgan fingerprint density at radius 1 is 1.09 bits per heavy atom. The first-order valence-corrected chi connectivity index (χ1v) is 7.44. The summed E-state index contributed by atoms with van der Waals surface area (Å²) >= 11 is 0. The molecule has 116 valence electrons. The number of carbonyl (C=O) groups excluding carboxylic acids is 1. The summed E-state index contributed by atoms with van der Waals surface area (Å²) in [6.07, 6.45) is 0. The summed E-state index contributed by atoms with van der Waals surface area (Å²) in [6, 6.07) is 16.1. The Kier molecular flexibility index (Phi) is 5.67. The Hall–Kier alpha value is -2.20. The number of benzene rings is 2. The van der Waals surface area contributed by atoms with Gasteiger partial charge in [0.25, 0.3) is 5.91 Å². The molecule has 3 nitrogen and oxygen atoms in total. The molecular formula is C18H22FN2O+. The summed E-state index contributed by atoms with van der Waals surface area (Å²) < 4.78 is 12.9. The zero-order valence-corrected chi connectivity index (χ0v) is 13.0. The molecule has 0 aliphatic rings. The second-order valence-electron chi connectivity index (χ2n) is 5.57. The van der Waals surface area contributed by atoms with E-state index in [0.29, 0.717) is 13.1 Å². The summed E-state index contributed by atoms with van der Waals surface area (Å²) in [5.74, 6) is -0.224. The molecule has 2 aromatic carbocycles. The predicted molar refractivity (Wildman–Crippen MR) is 84.7 cm³/mol. The Balaban J connectivity index is 1.85. The van der Waals surface area contributed by atoms with Gasteiger partial charge in [-0.2, -0.15) is 0 Å². The molecule has 1 unspecified atom stereocenters. The number of rotatable bonds is 6. The van der Waals surface area contributed by atoms with Crippen molar-refractivity contribution in [1.29, 1.82) is 0 Å². The standard InChI is InChI=1S/C18H21FN2O/c1-14(18(22)20-12-15-6-4-3-5-7-15)21(2)13-16-8-10-17(19)11-9-16/h3-11,14H,12-13H2,1-2H3,(H,20,22)/p+1/t14-/m1/s1. The Labute approximate surface area is 130 Å². The third kappa shape index (κ3) is 4.67. The zero-order chi connectivity index (χ0) is 15.9. The van der Waals surface area contributed by atoms with Crippen LogP contribution in [0.4, 0.5) is 4.39 Å². The predicted octanol–water partition coefficient (Wildman–Crippen LogP) is 1.55. The number of hydrogen-bond donors (Lipinski definition) is 2. The molecule has 2 rings (SSSR count). The van der Waals surface area contributed by atoms with E-state index in [0.717, 1.165) is 16.0 Å². The van der Waals surface area contributed by atoms with Crippen LogP contribution in [-0.2, 0) is 17.9 Å². The fraction of sp³-hybridized carbons (Fsp3) is 0.278. The van der Waals surface area contributed by atoms with Crippen molar-refractivity contribution in [2.75, 3.05) is 7.05 Å². The van der Waals surface area contributed by atoms with Gasteiger partial charge in [-0.05, 0) is 24.6 Å². The van der Waals surface area contributed by atoms with Crippen LogP contribution >= 0.6 is 0 Å². The third-order valence-corrected chi connectivity index (χ3v) is 3.84. The molecule has 0 saturated carbocycles. The molecule has 2 N–H and O–H groups in total. The lowest BCUT2D eigenvalue weighted by Crippen LogP contribution is -3.12. The zero-order valence-electron chi connectivity index (χ0n) is 13.0. The molecule has 2 aromatic rings. The number of nitrogens with one attached hydrogen (secondary N) is 2. The van der Waals surface area contributed by atoms with Gasteiger partial charge in [0.15, 0.2) is 6.04 Å². The van der Waals surface area contributed by atoms with Gasteiger partial charge in [0.2, 0.25) is 0 Å². The number of carbonyl (C=O) groups is 1. The Morgan fingerprint density at radius 3 is 2.36 bits per heavy atom. The van der Waals surface area contributed by atoms with E-state index in [-0.39, 0.29) is 17.8 Å². The van der Waals surface area contributed by atoms with Gasteiger partial charge in [-0.25, -0.2) is 4.39 Å². The Morgan fingerprint density at radius 2 is 1.73 bits per heavy atom. The second-order valence-corrected chi connectivity index (χ2v) is 5.57. The number of quaternary nitrogens is 1. The number of hydrogen-bond acceptors (Lipinski definition) is 1. The van der Waals surface area contributed by atoms with E-state index in [9.17, 15) is 9.18 Å². The number of likely N-dealkylation sites (N-methyl/N-ethyl adjacent to an activating group) is 1. The molecule has 22 heavy (non-hydrogen) atoms. The lowest BCUT2D eigenvalue weighted by atomic mass is 10.1. The summed E-state index contributed by atoms with van der Waals surface area (Å²) in [5.41, 5.74) is 2.10. The molecule has 0 saturated heterocycles. The largest absolute Gasteiger partial charge is 0.347 e. The molecule has 0 fully saturated rings. The van der Waals surface area contributed by atoms with Crippen LogP contribution in [0.5, 0.6) is 0 Å². The fourth-order valence-corrected chi connectivity index (χ4v) is 2.24. The molecule has 0 bridgehead atoms. The molecule has 0 aliphatic heterocycles. The monoisotopic (exact) mass is 301 g/mol. The van der Waals surface area contributed by atoms with Crippen LogP contribution in [0, 0.1) is 5.82 Å². The number of amides is 1. The van der Waals surface area contributed by atoms with Crippen LogP contribution in [-0.4, -0.2) is 19.0 Å². The van der Waals surface area contributed by atoms with Gasteiger partial charge in [0.05, 0.1) is 7.05 Å². The highest BCUT2D eigenvalue weighted by atomic mass is 19.1. The molecule has 2 atom stereocenters. The summed E-state index contributed by atoms with van der Waals surface area (Å²) in [7, 11) is 1.97. The minimum absolute atomic E-state index is 0.0171. The van der Waals surface area contributed by atoms with Gasteiger partial charge in [-0.3, -0.25) is 4.79 Å². The highest BCUT2D eigenvalue weighted by Gasteiger charge is 2.21. The van der Waals surface area contributed by atoms with Gasteiger partial charge in [0.1, 0.15) is 12.4 Å². The van der Waals surface area contributed by atoms with Crippen molar-refractivity contribution >= 4 is 5.91 Å². The third-order valence-electron chi connectivity index (χ3n) is 3.84. The quantitative estimate of drug-likeness (QED) is 0.834. The molecule has 0 aromatic heterocycles. The van der Waals surface area contributed by atoms with Crippen molar-refractivity contribution in [2.24, 2.45) is 0 Å². The SMILES string of the molecule is C[C@H](C(=O)NCc1ccccc1)[NH+](C)Cc1ccc(F)cc1. The molecule has 0 heterocycles. The van der Waals surface area contributed by atoms with Crippen molar-refractivity contribution in [3.8, 4) is 0 Å². The van der Waals surface area contributed by atoms with E-state index in [1.54, 1.807) is 12.1 Å². The van der Waals surface area contributed by atoms with Crippen molar-refractivity contribution in [3.05, 3.63) is 71.5 Å². The minimum atomic E-state index is -0.241. The van der Waals surface area contributed by atoms with Crippen molar-refractivity contribution in [2.45, 2.75) is 26.1 Å². The van der Waals surface area contributed by atoms with Crippen LogP contribution in [0.3, 0.4) is 0 Å². The van der Waals surface area contributed by atoms with Crippen molar-refractivity contribution < 1.29 is 14.1 Å². The molecule has 4 heteroatoms. The van der Waals surface area contributed by atoms with E-state index in [2.05, 4.69) is 5.32 Å². The van der Waals surface area contributed by atoms with E-state index in [1.165, 1.54) is 12.1 Å². The molecule has 1 amide bonds. The fourth-order valence-electron chi connectivity index (χ4n) is 2.24. The van der Waals surface area contributed by atoms with Crippen molar-refractivity contribution in [1.82, 2.24) is 5.32 Å². The van der Waals surface area contributed by atoms with Crippen LogP contribution < -0.4 is 10.2 Å². The lowest BCUT2D eigenvalue weighted by Gasteiger charge is -2.21. The summed E-state index contributed by atoms with van der Waals surface area (Å²) in [5, 5.41) is 2.95. The van der Waals surface area contributed by atoms with Crippen molar-refractivity contribution in [3.63, 3.8) is 0 Å². The maximum Gasteiger partial charge on any atom is 0.278 e. The topological polar surface area (TPSA) is 33.5 Å². The van der Waals surface area contributed by atoms with Crippen LogP contribution in [0.2, 0.25) is 0 Å². The highest BCUT2D eigenvalue weighted by molar-refractivity contribution is 5.79. The Bertz CT molecular complexity index is 598. The lowest BCUT2D eigenvalue weighted by molar-refractivity contribution is -0.908. The van der Waals surface area contributed by atoms with E-state index in [4.69, 9.17) is 0 Å². The van der Waals surface area contributed by atoms with Crippen LogP contribution in [0.15, 0.2) is 54.6 Å². The van der Waals surface area contributed by atoms with Gasteiger partial charge in [0, 0.05) is 12.1 Å². The molecular weight excluding hydrogens is 279 g/mol. The average molecular weight is 301 g/mol. The first-order chi connectivity index (χ1) is 10.6. The normalized spacial score (nSPS) is 13.4. The van der Waals surface area contributed by atoms with E-state index < -0.39 is 0 Å². The van der Waals surface area contributed by atoms with Crippen LogP contribution in [0.25, 0.3) is 0 Å². The maximum atomic E-state index is 12.9. The summed E-state index contributed by atoms with van der Waals surface area (Å²) in [6.45, 7) is 3.12. The maximum absolute atomic E-state index is 12.9. The first-order valence-electron chi connectivity index (χ1n) is 7.44. The van der Waals surface area contributed by atoms with E-state index >= 15 is 0 Å². The average Bonchev–Trinajstić information content (AvgIpc) is 2.55. The summed E-state index contributed by atoms with van der Waals surface area (Å²) in [4.78, 5) is 13.3. The molecule has 0 spiro atoms. The highest BCUT2D eigenvalue weighted by Crippen LogP contribution is 2.01. The molecule has 0 radical (unpaired) electrons. The molecule has 0 aliphatic carbocycles. The van der Waals surface area contributed by atoms with E-state index in [1.807, 2.05) is 44.3 Å². The second kappa shape index (κ2) is 7.71. The van der Waals surface area contributed by atoms with Gasteiger partial charge in [-0.15, -0.1) is 0 Å². The number of halogens is 1.